The summed E-state index contributed by atoms with van der Waals surface area (Å²) in [6.07, 6.45) is 1.02. The first-order valence-corrected chi connectivity index (χ1v) is 4.57. The summed E-state index contributed by atoms with van der Waals surface area (Å²) in [5, 5.41) is 15.8. The number of nitrogens with zero attached hydrogens (tertiary/aromatic N) is 3. The average Bonchev–Trinajstić information content (AvgIpc) is 2.66. The van der Waals surface area contributed by atoms with Crippen molar-refractivity contribution in [2.24, 2.45) is 0 Å². The third-order valence-corrected chi connectivity index (χ3v) is 2.22. The van der Waals surface area contributed by atoms with Gasteiger partial charge in [-0.3, -0.25) is 0 Å². The fraction of sp³-hybridized carbons (Fsp3) is 0. The largest absolute Gasteiger partial charge is 0.476 e. The van der Waals surface area contributed by atoms with Crippen molar-refractivity contribution in [3.05, 3.63) is 40.9 Å². The molecule has 2 rings (SSSR count). The Bertz CT molecular complexity index is 535. The summed E-state index contributed by atoms with van der Waals surface area (Å²) in [6.45, 7) is 0. The number of carboxylic acid groups (broad SMARTS) is 1. The molecule has 0 amide bonds. The summed E-state index contributed by atoms with van der Waals surface area (Å²) >= 11 is 5.78. The van der Waals surface area contributed by atoms with E-state index in [2.05, 4.69) is 10.3 Å². The molecular weight excluding hydrogens is 237 g/mol. The summed E-state index contributed by atoms with van der Waals surface area (Å²) in [5.41, 5.74) is -0.383. The summed E-state index contributed by atoms with van der Waals surface area (Å²) < 4.78 is 14.3. The van der Waals surface area contributed by atoms with Crippen molar-refractivity contribution in [1.29, 1.82) is 0 Å². The van der Waals surface area contributed by atoms with Gasteiger partial charge >= 0.3 is 5.97 Å². The topological polar surface area (TPSA) is 68.0 Å². The highest BCUT2D eigenvalue weighted by Gasteiger charge is 2.18. The third-order valence-electron chi connectivity index (χ3n) is 1.92. The maximum Gasteiger partial charge on any atom is 0.356 e. The van der Waals surface area contributed by atoms with Crippen molar-refractivity contribution in [3.8, 4) is 5.69 Å². The van der Waals surface area contributed by atoms with Crippen LogP contribution >= 0.6 is 11.6 Å². The van der Waals surface area contributed by atoms with E-state index in [9.17, 15) is 9.18 Å². The van der Waals surface area contributed by atoms with E-state index in [1.165, 1.54) is 12.1 Å². The number of aromatic carboxylic acids is 1. The first-order chi connectivity index (χ1) is 7.61. The predicted molar refractivity (Wildman–Crippen MR) is 53.3 cm³/mol. The van der Waals surface area contributed by atoms with Crippen molar-refractivity contribution >= 4 is 17.6 Å². The van der Waals surface area contributed by atoms with Crippen LogP contribution in [0.5, 0.6) is 0 Å². The van der Waals surface area contributed by atoms with Crippen molar-refractivity contribution in [2.75, 3.05) is 0 Å². The van der Waals surface area contributed by atoms with Crippen LogP contribution < -0.4 is 0 Å². The van der Waals surface area contributed by atoms with Gasteiger partial charge in [-0.2, -0.15) is 0 Å². The van der Waals surface area contributed by atoms with Crippen LogP contribution in [0.1, 0.15) is 10.5 Å². The number of carbonyl (C=O) groups is 1. The van der Waals surface area contributed by atoms with Gasteiger partial charge in [0.2, 0.25) is 0 Å². The van der Waals surface area contributed by atoms with Crippen molar-refractivity contribution in [2.45, 2.75) is 0 Å². The molecule has 0 saturated heterocycles. The molecule has 0 radical (unpaired) electrons. The molecule has 1 N–H and O–H groups in total. The number of hydrogen-bond acceptors (Lipinski definition) is 3. The number of carboxylic acids is 1. The number of halogens is 2. The Morgan fingerprint density at radius 3 is 2.88 bits per heavy atom. The van der Waals surface area contributed by atoms with E-state index in [-0.39, 0.29) is 16.4 Å². The lowest BCUT2D eigenvalue weighted by Gasteiger charge is -2.06. The van der Waals surface area contributed by atoms with Gasteiger partial charge in [0, 0.05) is 0 Å². The molecule has 0 spiro atoms. The van der Waals surface area contributed by atoms with Crippen molar-refractivity contribution in [3.63, 3.8) is 0 Å². The van der Waals surface area contributed by atoms with Gasteiger partial charge in [0.25, 0.3) is 0 Å². The lowest BCUT2D eigenvalue weighted by molar-refractivity contribution is 0.0687. The molecule has 82 valence electrons. The summed E-state index contributed by atoms with van der Waals surface area (Å²) in [4.78, 5) is 10.8. The number of rotatable bonds is 2. The molecule has 1 aromatic heterocycles. The van der Waals surface area contributed by atoms with Gasteiger partial charge < -0.3 is 5.11 Å². The minimum absolute atomic E-state index is 0.0630. The van der Waals surface area contributed by atoms with E-state index in [0.29, 0.717) is 0 Å². The highest BCUT2D eigenvalue weighted by atomic mass is 35.5. The van der Waals surface area contributed by atoms with E-state index in [1.807, 2.05) is 0 Å². The van der Waals surface area contributed by atoms with Crippen LogP contribution in [0.15, 0.2) is 24.4 Å². The zero-order chi connectivity index (χ0) is 11.7. The average molecular weight is 242 g/mol. The van der Waals surface area contributed by atoms with Gasteiger partial charge in [0.15, 0.2) is 5.69 Å². The molecule has 0 fully saturated rings. The highest BCUT2D eigenvalue weighted by Crippen LogP contribution is 2.23. The first kappa shape index (κ1) is 10.6. The Morgan fingerprint density at radius 1 is 1.50 bits per heavy atom. The zero-order valence-electron chi connectivity index (χ0n) is 7.76. The van der Waals surface area contributed by atoms with Crippen LogP contribution in [0, 0.1) is 5.82 Å². The fourth-order valence-corrected chi connectivity index (χ4v) is 1.48. The molecule has 0 atom stereocenters. The SMILES string of the molecule is O=C(O)c1cnnn1-c1c(F)cccc1Cl. The van der Waals surface area contributed by atoms with Crippen LogP contribution in [-0.2, 0) is 0 Å². The molecule has 7 heteroatoms. The summed E-state index contributed by atoms with van der Waals surface area (Å²) in [6, 6.07) is 4.01. The highest BCUT2D eigenvalue weighted by molar-refractivity contribution is 6.32. The van der Waals surface area contributed by atoms with E-state index < -0.39 is 11.8 Å². The second-order valence-corrected chi connectivity index (χ2v) is 3.31. The Kier molecular flexibility index (Phi) is 2.57. The van der Waals surface area contributed by atoms with Gasteiger partial charge in [-0.25, -0.2) is 13.9 Å². The Labute approximate surface area is 94.1 Å². The molecule has 0 saturated carbocycles. The van der Waals surface area contributed by atoms with Crippen molar-refractivity contribution in [1.82, 2.24) is 15.0 Å². The summed E-state index contributed by atoms with van der Waals surface area (Å²) in [5.74, 6) is -1.93. The first-order valence-electron chi connectivity index (χ1n) is 4.19. The van der Waals surface area contributed by atoms with Crippen LogP contribution in [0.25, 0.3) is 5.69 Å². The minimum atomic E-state index is -1.26. The lowest BCUT2D eigenvalue weighted by Crippen LogP contribution is -2.10. The molecule has 1 aromatic carbocycles. The maximum atomic E-state index is 13.5. The van der Waals surface area contributed by atoms with Gasteiger partial charge in [0.05, 0.1) is 11.2 Å². The van der Waals surface area contributed by atoms with Gasteiger partial charge in [0.1, 0.15) is 11.5 Å². The predicted octanol–water partition coefficient (Wildman–Crippen LogP) is 1.76. The van der Waals surface area contributed by atoms with Gasteiger partial charge in [-0.05, 0) is 12.1 Å². The normalized spacial score (nSPS) is 10.4. The number of benzene rings is 1. The smallest absolute Gasteiger partial charge is 0.356 e. The molecule has 0 aliphatic rings. The van der Waals surface area contributed by atoms with Crippen molar-refractivity contribution < 1.29 is 14.3 Å². The van der Waals surface area contributed by atoms with Crippen LogP contribution in [-0.4, -0.2) is 26.1 Å². The van der Waals surface area contributed by atoms with Crippen LogP contribution in [0.4, 0.5) is 4.39 Å². The van der Waals surface area contributed by atoms with Crippen LogP contribution in [0.3, 0.4) is 0 Å². The van der Waals surface area contributed by atoms with E-state index >= 15 is 0 Å². The second kappa shape index (κ2) is 3.90. The molecular formula is C9H5ClFN3O2. The minimum Gasteiger partial charge on any atom is -0.476 e. The summed E-state index contributed by atoms with van der Waals surface area (Å²) in [7, 11) is 0. The fourth-order valence-electron chi connectivity index (χ4n) is 1.24. The number of hydrogen-bond donors (Lipinski definition) is 1. The molecule has 0 aliphatic carbocycles. The molecule has 0 unspecified atom stereocenters. The lowest BCUT2D eigenvalue weighted by atomic mass is 10.3. The maximum absolute atomic E-state index is 13.5. The van der Waals surface area contributed by atoms with E-state index in [0.717, 1.165) is 16.9 Å². The quantitative estimate of drug-likeness (QED) is 0.870. The number of para-hydroxylation sites is 1. The van der Waals surface area contributed by atoms with E-state index in [1.54, 1.807) is 0 Å². The zero-order valence-corrected chi connectivity index (χ0v) is 8.52. The molecule has 0 aliphatic heterocycles. The standard InChI is InChI=1S/C9H5ClFN3O2/c10-5-2-1-3-6(11)8(5)14-7(9(15)16)4-12-13-14/h1-4H,(H,15,16). The monoisotopic (exact) mass is 241 g/mol. The van der Waals surface area contributed by atoms with Gasteiger partial charge in [-0.1, -0.05) is 22.9 Å². The Hall–Kier alpha value is -1.95. The van der Waals surface area contributed by atoms with E-state index in [4.69, 9.17) is 16.7 Å². The van der Waals surface area contributed by atoms with Crippen LogP contribution in [0.2, 0.25) is 5.02 Å². The Balaban J connectivity index is 2.68. The molecule has 2 aromatic rings. The third kappa shape index (κ3) is 1.63. The molecule has 0 bridgehead atoms. The molecule has 5 nitrogen and oxygen atoms in total. The Morgan fingerprint density at radius 2 is 2.25 bits per heavy atom. The van der Waals surface area contributed by atoms with Gasteiger partial charge in [-0.15, -0.1) is 5.10 Å². The second-order valence-electron chi connectivity index (χ2n) is 2.91. The molecule has 16 heavy (non-hydrogen) atoms. The number of aromatic nitrogens is 3. The molecule has 1 heterocycles.